The number of aliphatic hydroxyl groups is 1. The van der Waals surface area contributed by atoms with Gasteiger partial charge in [-0.3, -0.25) is 9.69 Å². The number of hydrogen-bond acceptors (Lipinski definition) is 3. The number of rotatable bonds is 4. The first-order valence-corrected chi connectivity index (χ1v) is 7.17. The molecule has 1 aliphatic heterocycles. The molecule has 0 aliphatic carbocycles. The van der Waals surface area contributed by atoms with Crippen LogP contribution in [0.5, 0.6) is 0 Å². The van der Waals surface area contributed by atoms with Crippen molar-refractivity contribution < 1.29 is 23.1 Å². The van der Waals surface area contributed by atoms with Gasteiger partial charge >= 0.3 is 6.18 Å². The Morgan fingerprint density at radius 2 is 2.18 bits per heavy atom. The maximum absolute atomic E-state index is 12.8. The molecule has 2 N–H and O–H groups in total. The topological polar surface area (TPSA) is 52.6 Å². The number of carbonyl (C=O) groups is 1. The van der Waals surface area contributed by atoms with E-state index in [0.29, 0.717) is 18.5 Å². The highest BCUT2D eigenvalue weighted by molar-refractivity contribution is 5.78. The molecule has 0 radical (unpaired) electrons. The van der Waals surface area contributed by atoms with Crippen molar-refractivity contribution in [3.8, 4) is 0 Å². The number of benzene rings is 1. The van der Waals surface area contributed by atoms with Gasteiger partial charge in [-0.15, -0.1) is 0 Å². The molecule has 0 saturated carbocycles. The van der Waals surface area contributed by atoms with Crippen molar-refractivity contribution >= 4 is 5.91 Å². The molecule has 0 aromatic heterocycles. The molecule has 1 fully saturated rings. The fourth-order valence-electron chi connectivity index (χ4n) is 2.76. The van der Waals surface area contributed by atoms with E-state index in [-0.39, 0.29) is 25.0 Å². The summed E-state index contributed by atoms with van der Waals surface area (Å²) in [7, 11) is 0. The first-order chi connectivity index (χ1) is 10.3. The number of likely N-dealkylation sites (tertiary alicyclic amines) is 1. The number of carbonyl (C=O) groups excluding carboxylic acids is 1. The molecule has 2 atom stereocenters. The van der Waals surface area contributed by atoms with E-state index in [2.05, 4.69) is 5.32 Å². The van der Waals surface area contributed by atoms with Crippen LogP contribution < -0.4 is 5.32 Å². The number of amides is 1. The zero-order valence-electron chi connectivity index (χ0n) is 12.2. The Balaban J connectivity index is 2.20. The maximum Gasteiger partial charge on any atom is 0.416 e. The summed E-state index contributed by atoms with van der Waals surface area (Å²) in [5.41, 5.74) is -0.250. The largest absolute Gasteiger partial charge is 0.416 e. The van der Waals surface area contributed by atoms with E-state index in [1.54, 1.807) is 17.9 Å². The molecule has 1 aromatic carbocycles. The monoisotopic (exact) mass is 316 g/mol. The van der Waals surface area contributed by atoms with Crippen LogP contribution in [0.3, 0.4) is 0 Å². The minimum atomic E-state index is -4.41. The van der Waals surface area contributed by atoms with Crippen LogP contribution in [0.15, 0.2) is 24.3 Å². The van der Waals surface area contributed by atoms with Gasteiger partial charge < -0.3 is 10.4 Å². The minimum absolute atomic E-state index is 0.0613. The molecular weight excluding hydrogens is 297 g/mol. The summed E-state index contributed by atoms with van der Waals surface area (Å²) in [6.07, 6.45) is -4.73. The third-order valence-corrected chi connectivity index (χ3v) is 3.70. The van der Waals surface area contributed by atoms with Gasteiger partial charge in [0.25, 0.3) is 0 Å². The Morgan fingerprint density at radius 3 is 2.82 bits per heavy atom. The first-order valence-electron chi connectivity index (χ1n) is 7.17. The highest BCUT2D eigenvalue weighted by Gasteiger charge is 2.35. The average molecular weight is 316 g/mol. The number of halogens is 3. The Kier molecular flexibility index (Phi) is 5.08. The van der Waals surface area contributed by atoms with E-state index >= 15 is 0 Å². The third-order valence-electron chi connectivity index (χ3n) is 3.70. The molecular formula is C15H19F3N2O2. The predicted octanol–water partition coefficient (Wildman–Crippen LogP) is 1.95. The standard InChI is InChI=1S/C15H19F3N2O2/c1-2-19-14(22)9-20-8-12(21)7-13(20)10-4-3-5-11(6-10)15(16,17)18/h3-6,12-13,21H,2,7-9H2,1H3,(H,19,22)/t12-,13+/m0/s1. The van der Waals surface area contributed by atoms with E-state index in [1.807, 2.05) is 0 Å². The lowest BCUT2D eigenvalue weighted by atomic mass is 10.0. The van der Waals surface area contributed by atoms with Crippen molar-refractivity contribution in [2.24, 2.45) is 0 Å². The molecule has 4 nitrogen and oxygen atoms in total. The number of nitrogens with zero attached hydrogens (tertiary/aromatic N) is 1. The highest BCUT2D eigenvalue weighted by Crippen LogP contribution is 2.35. The van der Waals surface area contributed by atoms with Crippen LogP contribution in [0.25, 0.3) is 0 Å². The van der Waals surface area contributed by atoms with Gasteiger partial charge in [0.2, 0.25) is 5.91 Å². The molecule has 1 saturated heterocycles. The summed E-state index contributed by atoms with van der Waals surface area (Å²) in [6, 6.07) is 4.67. The minimum Gasteiger partial charge on any atom is -0.392 e. The van der Waals surface area contributed by atoms with Gasteiger partial charge in [-0.25, -0.2) is 0 Å². The quantitative estimate of drug-likeness (QED) is 0.893. The lowest BCUT2D eigenvalue weighted by Gasteiger charge is -2.24. The summed E-state index contributed by atoms with van der Waals surface area (Å²) in [5, 5.41) is 12.5. The molecule has 0 unspecified atom stereocenters. The fourth-order valence-corrected chi connectivity index (χ4v) is 2.76. The second kappa shape index (κ2) is 6.66. The second-order valence-corrected chi connectivity index (χ2v) is 5.41. The zero-order chi connectivity index (χ0) is 16.3. The van der Waals surface area contributed by atoms with E-state index in [9.17, 15) is 23.1 Å². The van der Waals surface area contributed by atoms with Crippen LogP contribution in [0.1, 0.15) is 30.5 Å². The van der Waals surface area contributed by atoms with Gasteiger partial charge in [-0.05, 0) is 31.0 Å². The summed E-state index contributed by atoms with van der Waals surface area (Å²) >= 11 is 0. The van der Waals surface area contributed by atoms with Crippen molar-refractivity contribution in [2.75, 3.05) is 19.6 Å². The number of aliphatic hydroxyl groups excluding tert-OH is 1. The average Bonchev–Trinajstić information content (AvgIpc) is 2.79. The molecule has 0 bridgehead atoms. The van der Waals surface area contributed by atoms with Crippen LogP contribution >= 0.6 is 0 Å². The lowest BCUT2D eigenvalue weighted by Crippen LogP contribution is -2.37. The second-order valence-electron chi connectivity index (χ2n) is 5.41. The van der Waals surface area contributed by atoms with Gasteiger partial charge in [-0.2, -0.15) is 13.2 Å². The Bertz CT molecular complexity index is 534. The van der Waals surface area contributed by atoms with E-state index < -0.39 is 17.8 Å². The molecule has 7 heteroatoms. The van der Waals surface area contributed by atoms with Crippen molar-refractivity contribution in [3.05, 3.63) is 35.4 Å². The molecule has 1 aromatic rings. The van der Waals surface area contributed by atoms with E-state index in [1.165, 1.54) is 6.07 Å². The predicted molar refractivity (Wildman–Crippen MR) is 75.1 cm³/mol. The van der Waals surface area contributed by atoms with Crippen molar-refractivity contribution in [1.29, 1.82) is 0 Å². The van der Waals surface area contributed by atoms with Crippen molar-refractivity contribution in [2.45, 2.75) is 31.7 Å². The summed E-state index contributed by atoms with van der Waals surface area (Å²) in [6.45, 7) is 2.62. The smallest absolute Gasteiger partial charge is 0.392 e. The summed E-state index contributed by atoms with van der Waals surface area (Å²) in [4.78, 5) is 13.4. The normalized spacial score (nSPS) is 22.8. The summed E-state index contributed by atoms with van der Waals surface area (Å²) in [5.74, 6) is -0.200. The fraction of sp³-hybridized carbons (Fsp3) is 0.533. The molecule has 22 heavy (non-hydrogen) atoms. The number of alkyl halides is 3. The maximum atomic E-state index is 12.8. The molecule has 1 heterocycles. The SMILES string of the molecule is CCNC(=O)CN1C[C@@H](O)C[C@@H]1c1cccc(C(F)(F)F)c1. The van der Waals surface area contributed by atoms with Gasteiger partial charge in [0, 0.05) is 19.1 Å². The van der Waals surface area contributed by atoms with Crippen molar-refractivity contribution in [1.82, 2.24) is 10.2 Å². The number of β-amino-alcohol motifs (C(OH)–C–C–N with tert-alkyl or cyclic N) is 1. The first kappa shape index (κ1) is 16.8. The third kappa shape index (κ3) is 3.98. The molecule has 1 amide bonds. The molecule has 2 rings (SSSR count). The number of nitrogens with one attached hydrogen (secondary N) is 1. The van der Waals surface area contributed by atoms with Crippen LogP contribution in [0.2, 0.25) is 0 Å². The number of likely N-dealkylation sites (N-methyl/N-ethyl adjacent to an activating group) is 1. The van der Waals surface area contributed by atoms with Crippen LogP contribution in [0, 0.1) is 0 Å². The lowest BCUT2D eigenvalue weighted by molar-refractivity contribution is -0.137. The Morgan fingerprint density at radius 1 is 1.45 bits per heavy atom. The van der Waals surface area contributed by atoms with Crippen LogP contribution in [0.4, 0.5) is 13.2 Å². The molecule has 0 spiro atoms. The summed E-state index contributed by atoms with van der Waals surface area (Å²) < 4.78 is 38.4. The van der Waals surface area contributed by atoms with Gasteiger partial charge in [0.05, 0.1) is 18.2 Å². The van der Waals surface area contributed by atoms with Gasteiger partial charge in [-0.1, -0.05) is 12.1 Å². The Labute approximate surface area is 126 Å². The molecule has 122 valence electrons. The van der Waals surface area contributed by atoms with Crippen LogP contribution in [-0.2, 0) is 11.0 Å². The molecule has 1 aliphatic rings. The van der Waals surface area contributed by atoms with E-state index in [4.69, 9.17) is 0 Å². The number of hydrogen-bond donors (Lipinski definition) is 2. The van der Waals surface area contributed by atoms with Gasteiger partial charge in [0.15, 0.2) is 0 Å². The van der Waals surface area contributed by atoms with Crippen molar-refractivity contribution in [3.63, 3.8) is 0 Å². The Hall–Kier alpha value is -1.60. The van der Waals surface area contributed by atoms with E-state index in [0.717, 1.165) is 12.1 Å². The van der Waals surface area contributed by atoms with Crippen LogP contribution in [-0.4, -0.2) is 41.7 Å². The van der Waals surface area contributed by atoms with Gasteiger partial charge in [0.1, 0.15) is 0 Å². The zero-order valence-corrected chi connectivity index (χ0v) is 12.2. The highest BCUT2D eigenvalue weighted by atomic mass is 19.4.